The van der Waals surface area contributed by atoms with Crippen molar-refractivity contribution >= 4 is 18.1 Å². The molecule has 6 heteroatoms. The number of amides is 1. The SMILES string of the molecule is Cc1ccc(SOCC2CCCCN2C(=O)OC(C)(C)C)cc1.[CH3-].[Na+]. The second-order valence-electron chi connectivity index (χ2n) is 7.00. The summed E-state index contributed by atoms with van der Waals surface area (Å²) in [7, 11) is 0. The minimum absolute atomic E-state index is 0. The van der Waals surface area contributed by atoms with Gasteiger partial charge < -0.3 is 21.2 Å². The summed E-state index contributed by atoms with van der Waals surface area (Å²) in [5.41, 5.74) is 0.772. The zero-order chi connectivity index (χ0) is 16.9. The molecule has 1 unspecified atom stereocenters. The maximum Gasteiger partial charge on any atom is 1.00 e. The van der Waals surface area contributed by atoms with Gasteiger partial charge in [-0.3, -0.25) is 0 Å². The molecule has 0 N–H and O–H groups in total. The molecule has 1 amide bonds. The van der Waals surface area contributed by atoms with E-state index in [-0.39, 0.29) is 49.1 Å². The van der Waals surface area contributed by atoms with E-state index in [1.54, 1.807) is 0 Å². The molecule has 1 atom stereocenters. The van der Waals surface area contributed by atoms with Crippen LogP contribution in [0.25, 0.3) is 0 Å². The third kappa shape index (κ3) is 8.83. The van der Waals surface area contributed by atoms with Crippen molar-refractivity contribution in [2.45, 2.75) is 63.5 Å². The molecule has 25 heavy (non-hydrogen) atoms. The summed E-state index contributed by atoms with van der Waals surface area (Å²) in [5.74, 6) is 0. The topological polar surface area (TPSA) is 38.8 Å². The van der Waals surface area contributed by atoms with Gasteiger partial charge in [0.2, 0.25) is 0 Å². The Morgan fingerprint density at radius 1 is 1.24 bits per heavy atom. The number of carbonyl (C=O) groups is 1. The molecule has 1 aliphatic rings. The summed E-state index contributed by atoms with van der Waals surface area (Å²) in [5, 5.41) is 0. The average Bonchev–Trinajstić information content (AvgIpc) is 2.48. The first-order valence-corrected chi connectivity index (χ1v) is 8.95. The van der Waals surface area contributed by atoms with Gasteiger partial charge >= 0.3 is 35.7 Å². The van der Waals surface area contributed by atoms with Gasteiger partial charge in [-0.2, -0.15) is 0 Å². The predicted molar refractivity (Wildman–Crippen MR) is 100.0 cm³/mol. The second-order valence-corrected chi connectivity index (χ2v) is 7.88. The fourth-order valence-electron chi connectivity index (χ4n) is 2.51. The van der Waals surface area contributed by atoms with Crippen molar-refractivity contribution in [3.63, 3.8) is 0 Å². The summed E-state index contributed by atoms with van der Waals surface area (Å²) in [4.78, 5) is 15.2. The summed E-state index contributed by atoms with van der Waals surface area (Å²) in [6, 6.07) is 8.33. The van der Waals surface area contributed by atoms with Gasteiger partial charge in [0.1, 0.15) is 5.60 Å². The van der Waals surface area contributed by atoms with E-state index < -0.39 is 5.60 Å². The van der Waals surface area contributed by atoms with E-state index in [0.29, 0.717) is 6.61 Å². The van der Waals surface area contributed by atoms with Gasteiger partial charge in [0, 0.05) is 23.5 Å². The van der Waals surface area contributed by atoms with E-state index in [9.17, 15) is 4.79 Å². The van der Waals surface area contributed by atoms with Crippen LogP contribution in [0, 0.1) is 14.4 Å². The van der Waals surface area contributed by atoms with Crippen molar-refractivity contribution in [3.05, 3.63) is 37.3 Å². The Labute approximate surface area is 179 Å². The Morgan fingerprint density at radius 3 is 2.48 bits per heavy atom. The number of rotatable bonds is 4. The van der Waals surface area contributed by atoms with Gasteiger partial charge in [0.15, 0.2) is 0 Å². The molecule has 136 valence electrons. The molecule has 0 spiro atoms. The number of piperidine rings is 1. The van der Waals surface area contributed by atoms with Gasteiger partial charge in [-0.15, -0.1) is 0 Å². The number of aryl methyl sites for hydroxylation is 1. The van der Waals surface area contributed by atoms with Crippen molar-refractivity contribution in [1.82, 2.24) is 4.90 Å². The Hall–Kier alpha value is -0.200. The standard InChI is InChI=1S/C18H27NO3S.CH3.Na/c1-14-8-10-16(11-9-14)23-21-13-15-7-5-6-12-19(15)17(20)22-18(2,3)4;;/h8-11,15H,5-7,12-13H2,1-4H3;1H3;/q;-1;+1. The predicted octanol–water partition coefficient (Wildman–Crippen LogP) is 2.26. The molecule has 0 saturated carbocycles. The zero-order valence-corrected chi connectivity index (χ0v) is 19.3. The molecule has 1 aromatic rings. The van der Waals surface area contributed by atoms with E-state index in [1.165, 1.54) is 17.6 Å². The first-order valence-electron chi connectivity index (χ1n) is 8.21. The summed E-state index contributed by atoms with van der Waals surface area (Å²) in [6.07, 6.45) is 2.89. The van der Waals surface area contributed by atoms with Crippen LogP contribution < -0.4 is 29.6 Å². The number of benzene rings is 1. The molecule has 0 bridgehead atoms. The maximum absolute atomic E-state index is 12.3. The molecule has 4 nitrogen and oxygen atoms in total. The third-order valence-corrected chi connectivity index (χ3v) is 4.41. The summed E-state index contributed by atoms with van der Waals surface area (Å²) < 4.78 is 11.3. The fraction of sp³-hybridized carbons (Fsp3) is 0.579. The number of ether oxygens (including phenoxy) is 1. The minimum Gasteiger partial charge on any atom is -0.444 e. The minimum atomic E-state index is -0.462. The van der Waals surface area contributed by atoms with Gasteiger partial charge in [-0.05, 0) is 59.1 Å². The van der Waals surface area contributed by atoms with Crippen molar-refractivity contribution < 1.29 is 43.3 Å². The molecule has 1 aliphatic heterocycles. The van der Waals surface area contributed by atoms with Crippen molar-refractivity contribution in [3.8, 4) is 0 Å². The molecule has 0 aromatic heterocycles. The molecule has 1 fully saturated rings. The summed E-state index contributed by atoms with van der Waals surface area (Å²) >= 11 is 1.37. The smallest absolute Gasteiger partial charge is 0.444 e. The Kier molecular flexibility index (Phi) is 11.4. The van der Waals surface area contributed by atoms with Gasteiger partial charge in [0.05, 0.1) is 12.6 Å². The van der Waals surface area contributed by atoms with Gasteiger partial charge in [0.25, 0.3) is 0 Å². The molecule has 1 heterocycles. The zero-order valence-electron chi connectivity index (χ0n) is 16.5. The molecule has 2 rings (SSSR count). The van der Waals surface area contributed by atoms with Crippen LogP contribution in [0.1, 0.15) is 45.6 Å². The molecule has 0 aliphatic carbocycles. The summed E-state index contributed by atoms with van der Waals surface area (Å²) in [6.45, 7) is 9.03. The quantitative estimate of drug-likeness (QED) is 0.460. The van der Waals surface area contributed by atoms with Crippen molar-refractivity contribution in [2.75, 3.05) is 13.2 Å². The third-order valence-electron chi connectivity index (χ3n) is 3.69. The largest absolute Gasteiger partial charge is 1.00 e. The molecule has 1 saturated heterocycles. The first kappa shape index (κ1) is 24.8. The van der Waals surface area contributed by atoms with Crippen LogP contribution in [0.15, 0.2) is 29.2 Å². The van der Waals surface area contributed by atoms with Crippen LogP contribution in [-0.2, 0) is 8.92 Å². The van der Waals surface area contributed by atoms with Gasteiger partial charge in [-0.1, -0.05) is 17.7 Å². The fourth-order valence-corrected chi connectivity index (χ4v) is 3.12. The number of carbonyl (C=O) groups excluding carboxylic acids is 1. The van der Waals surface area contributed by atoms with E-state index >= 15 is 0 Å². The van der Waals surface area contributed by atoms with Crippen LogP contribution in [0.4, 0.5) is 4.79 Å². The average molecular weight is 376 g/mol. The maximum atomic E-state index is 12.3. The van der Waals surface area contributed by atoms with Crippen LogP contribution in [0.5, 0.6) is 0 Å². The van der Waals surface area contributed by atoms with Crippen LogP contribution >= 0.6 is 12.0 Å². The van der Waals surface area contributed by atoms with Crippen LogP contribution in [0.3, 0.4) is 0 Å². The Morgan fingerprint density at radius 2 is 1.88 bits per heavy atom. The number of hydrogen-bond acceptors (Lipinski definition) is 4. The molecular weight excluding hydrogens is 345 g/mol. The number of likely N-dealkylation sites (tertiary alicyclic amines) is 1. The monoisotopic (exact) mass is 375 g/mol. The Bertz CT molecular complexity index is 516. The van der Waals surface area contributed by atoms with E-state index in [0.717, 1.165) is 30.7 Å². The normalized spacial score (nSPS) is 17.3. The number of nitrogens with zero attached hydrogens (tertiary/aromatic N) is 1. The Balaban J connectivity index is 0.00000288. The van der Waals surface area contributed by atoms with E-state index in [4.69, 9.17) is 8.92 Å². The van der Waals surface area contributed by atoms with Crippen molar-refractivity contribution in [2.24, 2.45) is 0 Å². The molecule has 1 aromatic carbocycles. The molecule has 0 radical (unpaired) electrons. The number of hydrogen-bond donors (Lipinski definition) is 0. The first-order chi connectivity index (χ1) is 10.8. The van der Waals surface area contributed by atoms with Crippen molar-refractivity contribution in [1.29, 1.82) is 0 Å². The second kappa shape index (κ2) is 11.5. The van der Waals surface area contributed by atoms with E-state index in [1.807, 2.05) is 37.8 Å². The van der Waals surface area contributed by atoms with Gasteiger partial charge in [-0.25, -0.2) is 4.79 Å². The molecular formula is C19H30NNaO3S. The van der Waals surface area contributed by atoms with Crippen LogP contribution in [-0.4, -0.2) is 35.8 Å². The van der Waals surface area contributed by atoms with E-state index in [2.05, 4.69) is 19.1 Å². The van der Waals surface area contributed by atoms with Crippen LogP contribution in [0.2, 0.25) is 0 Å².